The van der Waals surface area contributed by atoms with E-state index in [1.165, 1.54) is 64.3 Å². The van der Waals surface area contributed by atoms with E-state index in [-0.39, 0.29) is 65.5 Å². The number of cyclic esters (lactones) is 1. The molecule has 2 saturated heterocycles. The number of esters is 1. The van der Waals surface area contributed by atoms with Crippen LogP contribution in [-0.4, -0.2) is 114 Å². The van der Waals surface area contributed by atoms with E-state index < -0.39 is 17.5 Å². The van der Waals surface area contributed by atoms with Crippen LogP contribution in [0.1, 0.15) is 252 Å². The minimum atomic E-state index is -0.773. The largest absolute Gasteiger partial charge is 0.464 e. The van der Waals surface area contributed by atoms with Crippen LogP contribution in [0, 0.1) is 45.8 Å². The molecule has 8 atom stereocenters. The number of likely N-dealkylation sites (N-methyl/N-ethyl adjacent to an activating group) is 1. The molecule has 2 aromatic heterocycles. The number of likely N-dealkylation sites (tertiary alicyclic amines) is 2. The molecule has 2 saturated carbocycles. The van der Waals surface area contributed by atoms with Gasteiger partial charge in [-0.15, -0.1) is 0 Å². The molecule has 95 heavy (non-hydrogen) atoms. The molecule has 5 aliphatic rings. The number of nitrogens with one attached hydrogen (secondary N) is 3. The van der Waals surface area contributed by atoms with E-state index in [0.717, 1.165) is 151 Å². The van der Waals surface area contributed by atoms with Crippen LogP contribution < -0.4 is 10.6 Å². The first kappa shape index (κ1) is 75.0. The van der Waals surface area contributed by atoms with Crippen molar-refractivity contribution in [1.82, 2.24) is 30.0 Å². The number of aryl methyl sites for hydroxylation is 1. The summed E-state index contributed by atoms with van der Waals surface area (Å²) in [6.45, 7) is 34.9. The van der Waals surface area contributed by atoms with Crippen LogP contribution in [0.2, 0.25) is 0 Å². The number of allylic oxidation sites excluding steroid dienone is 5. The summed E-state index contributed by atoms with van der Waals surface area (Å²) < 4.78 is 14.9. The molecule has 8 rings (SSSR count). The number of Topliss-reactive ketones (excluding diaryl/α,β-unsaturated/α-hetero) is 1. The van der Waals surface area contributed by atoms with Gasteiger partial charge in [-0.3, -0.25) is 29.1 Å². The molecule has 0 unspecified atom stereocenters. The Kier molecular flexibility index (Phi) is 27.8. The van der Waals surface area contributed by atoms with Crippen molar-refractivity contribution in [3.63, 3.8) is 0 Å². The molecule has 522 valence electrons. The van der Waals surface area contributed by atoms with E-state index in [1.54, 1.807) is 7.11 Å². The lowest BCUT2D eigenvalue weighted by atomic mass is 9.83. The Balaban J connectivity index is 1.09. The zero-order chi connectivity index (χ0) is 68.6. The molecule has 2 amide bonds. The van der Waals surface area contributed by atoms with Gasteiger partial charge in [0.1, 0.15) is 6.04 Å². The van der Waals surface area contributed by atoms with E-state index in [2.05, 4.69) is 150 Å². The van der Waals surface area contributed by atoms with Gasteiger partial charge in [0.2, 0.25) is 11.8 Å². The molecule has 0 radical (unpaired) electrons. The number of rotatable bonds is 25. The van der Waals surface area contributed by atoms with Gasteiger partial charge in [0.15, 0.2) is 5.78 Å². The van der Waals surface area contributed by atoms with Crippen molar-refractivity contribution < 1.29 is 28.7 Å². The number of methoxy groups -OCH3 is 1. The molecule has 2 aliphatic carbocycles. The van der Waals surface area contributed by atoms with E-state index in [4.69, 9.17) is 19.9 Å². The summed E-state index contributed by atoms with van der Waals surface area (Å²) in [5.74, 6) is 1.05. The zero-order valence-electron chi connectivity index (χ0n) is 61.0. The van der Waals surface area contributed by atoms with Gasteiger partial charge in [-0.1, -0.05) is 141 Å². The van der Waals surface area contributed by atoms with Crippen LogP contribution in [0.25, 0.3) is 33.8 Å². The summed E-state index contributed by atoms with van der Waals surface area (Å²) in [6.07, 6.45) is 32.8. The monoisotopic (exact) mass is 1300 g/mol. The van der Waals surface area contributed by atoms with Crippen LogP contribution in [0.4, 0.5) is 0 Å². The average molecular weight is 1300 g/mol. The van der Waals surface area contributed by atoms with Crippen molar-refractivity contribution in [2.75, 3.05) is 46.9 Å². The Morgan fingerprint density at radius 1 is 0.926 bits per heavy atom. The van der Waals surface area contributed by atoms with Crippen molar-refractivity contribution in [3.8, 4) is 11.3 Å². The van der Waals surface area contributed by atoms with E-state index >= 15 is 4.79 Å². The number of unbranched alkanes of at least 4 members (excludes halogenated alkanes) is 2. The highest BCUT2D eigenvalue weighted by Gasteiger charge is 2.50. The predicted octanol–water partition coefficient (Wildman–Crippen LogP) is 17.8. The Labute approximate surface area is 573 Å². The van der Waals surface area contributed by atoms with Gasteiger partial charge in [-0.05, 0) is 233 Å². The van der Waals surface area contributed by atoms with Gasteiger partial charge in [0, 0.05) is 72.7 Å². The maximum atomic E-state index is 15.2. The maximum Gasteiger partial charge on any atom is 0.323 e. The Morgan fingerprint density at radius 3 is 2.36 bits per heavy atom. The summed E-state index contributed by atoms with van der Waals surface area (Å²) in [5.41, 5.74) is 12.7. The third-order valence-corrected chi connectivity index (χ3v) is 22.6. The van der Waals surface area contributed by atoms with E-state index in [1.807, 2.05) is 13.2 Å². The zero-order valence-corrected chi connectivity index (χ0v) is 61.0. The molecular weight excluding hydrogens is 1180 g/mol. The number of carbonyl (C=O) groups excluding carboxylic acids is 4. The van der Waals surface area contributed by atoms with E-state index in [0.29, 0.717) is 68.9 Å². The first-order valence-electron chi connectivity index (χ1n) is 37.4. The van der Waals surface area contributed by atoms with Crippen molar-refractivity contribution in [2.45, 2.75) is 261 Å². The number of fused-ring (bicyclic) bond motifs is 1. The number of hydrogen-bond acceptors (Lipinski definition) is 10. The molecule has 3 aromatic rings. The minimum Gasteiger partial charge on any atom is -0.464 e. The molecule has 2 bridgehead atoms. The Bertz CT molecular complexity index is 3250. The van der Waals surface area contributed by atoms with Crippen LogP contribution >= 0.6 is 0 Å². The molecule has 3 N–H and O–H groups in total. The second-order valence-corrected chi connectivity index (χ2v) is 30.6. The summed E-state index contributed by atoms with van der Waals surface area (Å²) in [5, 5.41) is 15.7. The van der Waals surface area contributed by atoms with Crippen LogP contribution in [0.15, 0.2) is 78.1 Å². The molecule has 3 aliphatic heterocycles. The molecular formula is C82H123N7O6. The number of nitrogens with zero attached hydrogens (tertiary/aromatic N) is 4. The van der Waals surface area contributed by atoms with Crippen molar-refractivity contribution >= 4 is 52.3 Å². The quantitative estimate of drug-likeness (QED) is 0.0247. The summed E-state index contributed by atoms with van der Waals surface area (Å²) in [6, 6.07) is 7.63. The van der Waals surface area contributed by atoms with E-state index in [9.17, 15) is 14.4 Å². The number of ether oxygens (including phenoxy) is 2. The Morgan fingerprint density at radius 2 is 1.67 bits per heavy atom. The lowest BCUT2D eigenvalue weighted by Crippen LogP contribution is -2.54. The maximum absolute atomic E-state index is 15.2. The lowest BCUT2D eigenvalue weighted by molar-refractivity contribution is -0.149. The molecule has 1 spiro atoms. The van der Waals surface area contributed by atoms with Gasteiger partial charge in [0.05, 0.1) is 36.2 Å². The molecule has 1 aromatic carbocycles. The molecule has 13 nitrogen and oxygen atoms in total. The lowest BCUT2D eigenvalue weighted by Gasteiger charge is -2.34. The second-order valence-electron chi connectivity index (χ2n) is 30.6. The highest BCUT2D eigenvalue weighted by atomic mass is 16.5. The van der Waals surface area contributed by atoms with Crippen molar-refractivity contribution in [2.24, 2.45) is 40.4 Å². The smallest absolute Gasteiger partial charge is 0.323 e. The predicted molar refractivity (Wildman–Crippen MR) is 392 cm³/mol. The number of aromatic nitrogens is 2. The van der Waals surface area contributed by atoms with Crippen molar-refractivity contribution in [1.29, 1.82) is 5.41 Å². The normalized spacial score (nSPS) is 24.0. The number of carbonyl (C=O) groups is 4. The number of hydrogen-bond donors (Lipinski definition) is 3. The number of benzene rings is 1. The fourth-order valence-electron chi connectivity index (χ4n) is 16.7. The van der Waals surface area contributed by atoms with Gasteiger partial charge < -0.3 is 35.0 Å². The van der Waals surface area contributed by atoms with Gasteiger partial charge in [-0.25, -0.2) is 0 Å². The third-order valence-electron chi connectivity index (χ3n) is 22.6. The summed E-state index contributed by atoms with van der Waals surface area (Å²) in [7, 11) is 3.57. The summed E-state index contributed by atoms with van der Waals surface area (Å²) >= 11 is 0. The number of pyridine rings is 1. The number of ketones is 1. The third kappa shape index (κ3) is 19.3. The average Bonchev–Trinajstić information content (AvgIpc) is 1.60. The van der Waals surface area contributed by atoms with Crippen molar-refractivity contribution in [3.05, 3.63) is 100 Å². The highest BCUT2D eigenvalue weighted by Crippen LogP contribution is 2.47. The molecule has 13 heteroatoms. The number of amides is 2. The van der Waals surface area contributed by atoms with Gasteiger partial charge in [0.25, 0.3) is 0 Å². The fraction of sp³-hybridized carbons (Fsp3) is 0.659. The fourth-order valence-corrected chi connectivity index (χ4v) is 16.7. The first-order valence-corrected chi connectivity index (χ1v) is 37.4. The topological polar surface area (TPSA) is 159 Å². The Hall–Kier alpha value is -5.76. The summed E-state index contributed by atoms with van der Waals surface area (Å²) in [4.78, 5) is 68.2. The van der Waals surface area contributed by atoms with Crippen LogP contribution in [0.5, 0.6) is 0 Å². The SMILES string of the molecule is C=C1CCCC[C@H](NC)C(=O)OCC(C)(C)Cc2c(-c3cc(/C=C(/C)C[C@@H](CCCCC)C(=C)CCC)cnc3[C@H](C)OC)n(CC)c3ccc(cc23)/C(CC)=C/CCC(C)=CC[C@H](NC(=O)[C@H](C2CCCC2)N2CC[C@]3(CCN(C(=O)[C@H](C)[C@H](CC=N)C4CC4)C3)C2)C1=O. The highest BCUT2D eigenvalue weighted by molar-refractivity contribution is 6.01. The minimum absolute atomic E-state index is 0.0631. The second kappa shape index (κ2) is 35.1. The standard InChI is InChI=1S/C82H123N7O6/c1-15-19-20-31-65(57(7)26-16-2)47-56(6)46-61-48-69(74(85-51-61)60(10)94-14)76-70-50-81(11,12)54-95-80(93)72(84-13)33-24-21-28-58(8)77(90)71(38-34-55(5)27-25-32-62(17-3)66-37-39-73(68(70)49-66)89(76)18-4)86-78(91)75(64-29-22-23-30-64)87-44-41-82(52-87)42-45-88(53-82)79(92)59(9)67(40-43-83)63-35-36-63/h32,34,37,39,43,46,48-49,51,59-60,63-65,67,71-72,75,83-84H,7-8,15-31,33,35-36,38,40-42,44-45,47,50,52-54H2,1-6,9-14H3,(H,86,91)/b55-34?,56-46-,62-32+,83-43?/t59-,60+,65-,67+,71+,72+,75+,82+/m1/s1. The molecule has 4 fully saturated rings. The van der Waals surface area contributed by atoms with Gasteiger partial charge in [-0.2, -0.15) is 0 Å². The van der Waals surface area contributed by atoms with Gasteiger partial charge >= 0.3 is 5.97 Å². The van der Waals surface area contributed by atoms with Crippen LogP contribution in [0.3, 0.4) is 0 Å². The first-order chi connectivity index (χ1) is 45.6. The molecule has 5 heterocycles. The van der Waals surface area contributed by atoms with Crippen LogP contribution in [-0.2, 0) is 41.6 Å².